The Morgan fingerprint density at radius 2 is 1.59 bits per heavy atom. The second-order valence-electron chi connectivity index (χ2n) is 20.9. The van der Waals surface area contributed by atoms with Gasteiger partial charge in [-0.1, -0.05) is 40.0 Å². The number of rotatable bonds is 19. The smallest absolute Gasteiger partial charge is 0.309 e. The molecule has 4 saturated heterocycles. The Labute approximate surface area is 359 Å². The number of aliphatic carboxylic acids is 1. The summed E-state index contributed by atoms with van der Waals surface area (Å²) in [6.07, 6.45) is 10.0. The van der Waals surface area contributed by atoms with Crippen molar-refractivity contribution in [3.63, 3.8) is 0 Å². The van der Waals surface area contributed by atoms with Crippen molar-refractivity contribution in [2.24, 2.45) is 88.3 Å². The summed E-state index contributed by atoms with van der Waals surface area (Å²) in [7, 11) is 0. The molecule has 4 aliphatic heterocycles. The molecule has 0 radical (unpaired) electrons. The van der Waals surface area contributed by atoms with Gasteiger partial charge in [-0.05, 0) is 112 Å². The number of carboxylic acid groups (broad SMARTS) is 1. The molecule has 9 fully saturated rings. The van der Waals surface area contributed by atoms with Crippen molar-refractivity contribution < 1.29 is 57.6 Å². The number of esters is 1. The van der Waals surface area contributed by atoms with Crippen molar-refractivity contribution in [3.05, 3.63) is 0 Å². The lowest BCUT2D eigenvalue weighted by atomic mass is 9.60. The van der Waals surface area contributed by atoms with Gasteiger partial charge in [-0.3, -0.25) is 39.0 Å². The Morgan fingerprint density at radius 1 is 0.885 bits per heavy atom. The van der Waals surface area contributed by atoms with E-state index in [0.717, 1.165) is 64.4 Å². The van der Waals surface area contributed by atoms with Gasteiger partial charge in [0.15, 0.2) is 0 Å². The summed E-state index contributed by atoms with van der Waals surface area (Å²) < 4.78 is 29.7. The minimum absolute atomic E-state index is 0.0167. The van der Waals surface area contributed by atoms with E-state index < -0.39 is 59.2 Å². The van der Waals surface area contributed by atoms with Crippen LogP contribution >= 0.6 is 0 Å². The van der Waals surface area contributed by atoms with Gasteiger partial charge >= 0.3 is 11.9 Å². The highest BCUT2D eigenvalue weighted by Gasteiger charge is 2.67. The van der Waals surface area contributed by atoms with E-state index in [0.29, 0.717) is 70.6 Å². The molecule has 338 valence electrons. The molecule has 16 atom stereocenters. The summed E-state index contributed by atoms with van der Waals surface area (Å²) in [6, 6.07) is -0.203. The zero-order chi connectivity index (χ0) is 42.7. The molecule has 16 unspecified atom stereocenters. The minimum atomic E-state index is -1.06. The predicted molar refractivity (Wildman–Crippen MR) is 217 cm³/mol. The summed E-state index contributed by atoms with van der Waals surface area (Å²) in [5.41, 5.74) is -0.200. The number of carbonyl (C=O) groups excluding carboxylic acids is 5. The monoisotopic (exact) mass is 852 g/mol. The summed E-state index contributed by atoms with van der Waals surface area (Å²) >= 11 is 0. The van der Waals surface area contributed by atoms with Crippen LogP contribution in [0.1, 0.15) is 104 Å². The first-order valence-electron chi connectivity index (χ1n) is 23.9. The van der Waals surface area contributed by atoms with E-state index in [-0.39, 0.29) is 77.6 Å². The highest BCUT2D eigenvalue weighted by Crippen LogP contribution is 2.64. The number of imide groups is 2. The lowest BCUT2D eigenvalue weighted by Gasteiger charge is -2.45. The Morgan fingerprint density at radius 3 is 2.26 bits per heavy atom. The van der Waals surface area contributed by atoms with E-state index in [9.17, 15) is 33.9 Å². The number of epoxide rings is 1. The predicted octanol–water partition coefficient (Wildman–Crippen LogP) is 4.65. The second kappa shape index (κ2) is 17.6. The third kappa shape index (κ3) is 8.00. The molecule has 4 heterocycles. The lowest BCUT2D eigenvalue weighted by Crippen LogP contribution is -2.49. The molecule has 9 rings (SSSR count). The normalized spacial score (nSPS) is 41.7. The van der Waals surface area contributed by atoms with E-state index in [1.54, 1.807) is 6.92 Å². The molecule has 2 N–H and O–H groups in total. The summed E-state index contributed by atoms with van der Waals surface area (Å²) in [4.78, 5) is 85.5. The van der Waals surface area contributed by atoms with Gasteiger partial charge in [-0.25, -0.2) is 0 Å². The highest BCUT2D eigenvalue weighted by atomic mass is 16.6. The number of unbranched alkanes of at least 4 members (excludes halogenated alkanes) is 1. The molecule has 5 aliphatic carbocycles. The molecular weight excluding hydrogens is 785 g/mol. The molecule has 14 nitrogen and oxygen atoms in total. The van der Waals surface area contributed by atoms with Gasteiger partial charge in [0, 0.05) is 25.2 Å². The van der Waals surface area contributed by atoms with Gasteiger partial charge in [0.05, 0.1) is 67.5 Å². The van der Waals surface area contributed by atoms with Crippen LogP contribution in [0.25, 0.3) is 0 Å². The number of nitrogens with zero attached hydrogens (tertiary/aromatic N) is 1. The number of amides is 4. The molecule has 0 spiro atoms. The maximum absolute atomic E-state index is 14.6. The standard InChI is InChI=1S/C47H68N2O12/c1-4-47(21-58-22-47)23-61-46(56)34-17-27-16-32(34)38(40-39(41(50)48-42(40)51)36-25(3)43(52)49(44(36)53)28-10-6-5-7-11-28)37(27)35(59-13-9-8-12-57-19-29-20-60-29)18-30-24(2)26-14-31(30)33(15-26)45(54)55/h24-40H,4-23H2,1-3H3,(H,54,55)(H,48,50,51). The number of likely N-dealkylation sites (tertiary alicyclic amines) is 1. The Kier molecular flexibility index (Phi) is 12.5. The molecular formula is C47H68N2O12. The molecule has 14 heteroatoms. The topological polar surface area (TPSA) is 187 Å². The van der Waals surface area contributed by atoms with Crippen molar-refractivity contribution in [2.45, 2.75) is 122 Å². The van der Waals surface area contributed by atoms with E-state index in [1.807, 2.05) is 0 Å². The van der Waals surface area contributed by atoms with Gasteiger partial charge < -0.3 is 28.8 Å². The third-order valence-electron chi connectivity index (χ3n) is 17.8. The van der Waals surface area contributed by atoms with Crippen LogP contribution in [0.2, 0.25) is 0 Å². The molecule has 61 heavy (non-hydrogen) atoms. The molecule has 0 aromatic rings. The largest absolute Gasteiger partial charge is 0.481 e. The van der Waals surface area contributed by atoms with E-state index >= 15 is 0 Å². The first-order chi connectivity index (χ1) is 29.4. The molecule has 0 aromatic carbocycles. The van der Waals surface area contributed by atoms with Gasteiger partial charge in [-0.15, -0.1) is 0 Å². The average molecular weight is 853 g/mol. The number of ether oxygens (including phenoxy) is 5. The SMILES string of the molecule is CCC1(COC(=O)C2CC3CC2C(C2C(=O)NC(=O)C2C2C(=O)N(C4CCCCC4)C(=O)C2C)C3C(CC2C(C)C3CC(C(=O)O)C2C3)OCCCCOCC2CO2)COC1. The number of carbonyl (C=O) groups is 6. The van der Waals surface area contributed by atoms with Gasteiger partial charge in [0.2, 0.25) is 23.6 Å². The number of hydrogen-bond acceptors (Lipinski definition) is 11. The molecule has 4 amide bonds. The van der Waals surface area contributed by atoms with Crippen LogP contribution in [-0.4, -0.2) is 110 Å². The van der Waals surface area contributed by atoms with Crippen LogP contribution in [0.4, 0.5) is 0 Å². The van der Waals surface area contributed by atoms with E-state index in [2.05, 4.69) is 19.2 Å². The number of hydrogen-bond donors (Lipinski definition) is 2. The first-order valence-corrected chi connectivity index (χ1v) is 23.9. The average Bonchev–Trinajstić information content (AvgIpc) is 3.56. The summed E-state index contributed by atoms with van der Waals surface area (Å²) in [6.45, 7) is 9.73. The van der Waals surface area contributed by atoms with E-state index in [4.69, 9.17) is 23.7 Å². The zero-order valence-corrected chi connectivity index (χ0v) is 36.3. The number of carboxylic acids is 1. The van der Waals surface area contributed by atoms with Crippen molar-refractivity contribution >= 4 is 35.6 Å². The summed E-state index contributed by atoms with van der Waals surface area (Å²) in [5.74, 6) is -7.52. The highest BCUT2D eigenvalue weighted by molar-refractivity contribution is 6.11. The molecule has 9 aliphatic rings. The Balaban J connectivity index is 1.03. The second-order valence-corrected chi connectivity index (χ2v) is 20.9. The van der Waals surface area contributed by atoms with Crippen LogP contribution in [0.5, 0.6) is 0 Å². The molecule has 4 bridgehead atoms. The minimum Gasteiger partial charge on any atom is -0.481 e. The third-order valence-corrected chi connectivity index (χ3v) is 17.8. The van der Waals surface area contributed by atoms with Crippen molar-refractivity contribution in [1.82, 2.24) is 10.2 Å². The summed E-state index contributed by atoms with van der Waals surface area (Å²) in [5, 5.41) is 12.9. The van der Waals surface area contributed by atoms with Crippen LogP contribution in [0.3, 0.4) is 0 Å². The van der Waals surface area contributed by atoms with Crippen molar-refractivity contribution in [1.29, 1.82) is 0 Å². The van der Waals surface area contributed by atoms with Crippen LogP contribution in [0, 0.1) is 88.3 Å². The van der Waals surface area contributed by atoms with Crippen LogP contribution < -0.4 is 5.32 Å². The van der Waals surface area contributed by atoms with Crippen molar-refractivity contribution in [2.75, 3.05) is 46.2 Å². The maximum Gasteiger partial charge on any atom is 0.309 e. The van der Waals surface area contributed by atoms with Crippen LogP contribution in [0.15, 0.2) is 0 Å². The quantitative estimate of drug-likeness (QED) is 0.0794. The number of fused-ring (bicyclic) bond motifs is 4. The fourth-order valence-electron chi connectivity index (χ4n) is 14.3. The van der Waals surface area contributed by atoms with Crippen molar-refractivity contribution in [3.8, 4) is 0 Å². The van der Waals surface area contributed by atoms with Gasteiger partial charge in [0.25, 0.3) is 0 Å². The Hall–Kier alpha value is -2.94. The maximum atomic E-state index is 14.6. The van der Waals surface area contributed by atoms with Gasteiger partial charge in [-0.2, -0.15) is 0 Å². The molecule has 5 saturated carbocycles. The van der Waals surface area contributed by atoms with Gasteiger partial charge in [0.1, 0.15) is 12.7 Å². The molecule has 0 aromatic heterocycles. The zero-order valence-electron chi connectivity index (χ0n) is 36.3. The number of nitrogens with one attached hydrogen (secondary N) is 1. The Bertz CT molecular complexity index is 1700. The fourth-order valence-corrected chi connectivity index (χ4v) is 14.3. The fraction of sp³-hybridized carbons (Fsp3) is 0.872. The van der Waals surface area contributed by atoms with Crippen LogP contribution in [-0.2, 0) is 52.5 Å². The lowest BCUT2D eigenvalue weighted by molar-refractivity contribution is -0.177. The first kappa shape index (κ1) is 43.3. The van der Waals surface area contributed by atoms with E-state index in [1.165, 1.54) is 4.90 Å².